The number of rotatable bonds is 5. The van der Waals surface area contributed by atoms with E-state index in [0.29, 0.717) is 22.1 Å². The molecule has 0 radical (unpaired) electrons. The van der Waals surface area contributed by atoms with Crippen molar-refractivity contribution in [3.05, 3.63) is 82.7 Å². The maximum atomic E-state index is 12.7. The van der Waals surface area contributed by atoms with Crippen molar-refractivity contribution in [2.75, 3.05) is 23.4 Å². The molecule has 1 N–H and O–H groups in total. The summed E-state index contributed by atoms with van der Waals surface area (Å²) >= 11 is 7.71. The SMILES string of the molecule is Cc1ccc(NC(=O)CN2C(=O)COc3ccc(-c4csc(-c5ccccc5)n4)cc32)cc1Cl. The highest BCUT2D eigenvalue weighted by Crippen LogP contribution is 2.37. The van der Waals surface area contributed by atoms with Crippen molar-refractivity contribution in [2.24, 2.45) is 0 Å². The van der Waals surface area contributed by atoms with Gasteiger partial charge in [-0.3, -0.25) is 14.5 Å². The Hall–Kier alpha value is -3.68. The zero-order chi connectivity index (χ0) is 23.7. The standard InChI is InChI=1S/C26H20ClN3O3S/c1-16-7-9-19(12-20(16)27)28-24(31)13-30-22-11-18(8-10-23(22)33-14-25(30)32)21-15-34-26(29-21)17-5-3-2-4-6-17/h2-12,15H,13-14H2,1H3,(H,28,31). The van der Waals surface area contributed by atoms with E-state index in [1.54, 1.807) is 23.5 Å². The van der Waals surface area contributed by atoms with Gasteiger partial charge in [0.15, 0.2) is 6.61 Å². The molecule has 170 valence electrons. The van der Waals surface area contributed by atoms with Crippen LogP contribution in [0.5, 0.6) is 5.75 Å². The number of fused-ring (bicyclic) bond motifs is 1. The molecular formula is C26H20ClN3O3S. The van der Waals surface area contributed by atoms with Crippen molar-refractivity contribution in [1.82, 2.24) is 4.98 Å². The Morgan fingerprint density at radius 3 is 2.74 bits per heavy atom. The molecule has 6 nitrogen and oxygen atoms in total. The van der Waals surface area contributed by atoms with Crippen LogP contribution in [0, 0.1) is 6.92 Å². The number of ether oxygens (including phenoxy) is 1. The smallest absolute Gasteiger partial charge is 0.265 e. The molecule has 0 unspecified atom stereocenters. The van der Waals surface area contributed by atoms with Crippen LogP contribution in [0.1, 0.15) is 5.56 Å². The summed E-state index contributed by atoms with van der Waals surface area (Å²) in [4.78, 5) is 31.6. The van der Waals surface area contributed by atoms with Gasteiger partial charge in [0.2, 0.25) is 5.91 Å². The second-order valence-electron chi connectivity index (χ2n) is 7.87. The van der Waals surface area contributed by atoms with E-state index in [2.05, 4.69) is 5.32 Å². The normalized spacial score (nSPS) is 12.8. The van der Waals surface area contributed by atoms with E-state index in [0.717, 1.165) is 27.4 Å². The highest BCUT2D eigenvalue weighted by atomic mass is 35.5. The van der Waals surface area contributed by atoms with Crippen LogP contribution in [-0.2, 0) is 9.59 Å². The van der Waals surface area contributed by atoms with Crippen molar-refractivity contribution < 1.29 is 14.3 Å². The fourth-order valence-electron chi connectivity index (χ4n) is 3.67. The van der Waals surface area contributed by atoms with Crippen LogP contribution < -0.4 is 15.0 Å². The lowest BCUT2D eigenvalue weighted by atomic mass is 10.1. The number of carbonyl (C=O) groups excluding carboxylic acids is 2. The number of aromatic nitrogens is 1. The molecule has 0 fully saturated rings. The maximum Gasteiger partial charge on any atom is 0.265 e. The van der Waals surface area contributed by atoms with E-state index in [1.807, 2.05) is 66.9 Å². The van der Waals surface area contributed by atoms with Gasteiger partial charge in [0, 0.05) is 27.2 Å². The van der Waals surface area contributed by atoms with Crippen LogP contribution in [-0.4, -0.2) is 29.9 Å². The minimum absolute atomic E-state index is 0.120. The lowest BCUT2D eigenvalue weighted by Gasteiger charge is -2.29. The molecule has 34 heavy (non-hydrogen) atoms. The quantitative estimate of drug-likeness (QED) is 0.384. The first-order valence-corrected chi connectivity index (χ1v) is 11.9. The third-order valence-corrected chi connectivity index (χ3v) is 6.78. The van der Waals surface area contributed by atoms with E-state index in [-0.39, 0.29) is 25.0 Å². The highest BCUT2D eigenvalue weighted by Gasteiger charge is 2.28. The lowest BCUT2D eigenvalue weighted by molar-refractivity contribution is -0.123. The topological polar surface area (TPSA) is 71.5 Å². The molecule has 2 amide bonds. The Balaban J connectivity index is 1.39. The largest absolute Gasteiger partial charge is 0.482 e. The summed E-state index contributed by atoms with van der Waals surface area (Å²) in [5.41, 5.74) is 4.72. The second kappa shape index (κ2) is 9.29. The van der Waals surface area contributed by atoms with Gasteiger partial charge in [-0.25, -0.2) is 4.98 Å². The number of benzene rings is 3. The highest BCUT2D eigenvalue weighted by molar-refractivity contribution is 7.13. The Morgan fingerprint density at radius 2 is 1.94 bits per heavy atom. The average molecular weight is 490 g/mol. The van der Waals surface area contributed by atoms with Crippen molar-refractivity contribution in [3.63, 3.8) is 0 Å². The minimum Gasteiger partial charge on any atom is -0.482 e. The van der Waals surface area contributed by atoms with Crippen LogP contribution in [0.15, 0.2) is 72.1 Å². The van der Waals surface area contributed by atoms with Crippen LogP contribution in [0.25, 0.3) is 21.8 Å². The molecule has 0 saturated heterocycles. The zero-order valence-corrected chi connectivity index (χ0v) is 19.8. The van der Waals surface area contributed by atoms with Crippen molar-refractivity contribution >= 4 is 46.1 Å². The predicted octanol–water partition coefficient (Wildman–Crippen LogP) is 5.80. The summed E-state index contributed by atoms with van der Waals surface area (Å²) in [6, 6.07) is 20.8. The Kier molecular flexibility index (Phi) is 6.04. The Bertz CT molecular complexity index is 1390. The van der Waals surface area contributed by atoms with E-state index >= 15 is 0 Å². The summed E-state index contributed by atoms with van der Waals surface area (Å²) in [5, 5.41) is 6.26. The van der Waals surface area contributed by atoms with Crippen LogP contribution in [0.4, 0.5) is 11.4 Å². The first-order chi connectivity index (χ1) is 16.5. The third kappa shape index (κ3) is 4.53. The number of hydrogen-bond acceptors (Lipinski definition) is 5. The molecule has 5 rings (SSSR count). The summed E-state index contributed by atoms with van der Waals surface area (Å²) < 4.78 is 5.60. The molecule has 0 saturated carbocycles. The number of nitrogens with zero attached hydrogens (tertiary/aromatic N) is 2. The number of hydrogen-bond donors (Lipinski definition) is 1. The Labute approximate surface area is 205 Å². The van der Waals surface area contributed by atoms with Crippen molar-refractivity contribution in [2.45, 2.75) is 6.92 Å². The van der Waals surface area contributed by atoms with Gasteiger partial charge in [0.25, 0.3) is 5.91 Å². The van der Waals surface area contributed by atoms with Gasteiger partial charge >= 0.3 is 0 Å². The van der Waals surface area contributed by atoms with Gasteiger partial charge in [0.1, 0.15) is 17.3 Å². The Morgan fingerprint density at radius 1 is 1.12 bits per heavy atom. The number of thiazole rings is 1. The van der Waals surface area contributed by atoms with Gasteiger partial charge in [0.05, 0.1) is 11.4 Å². The van der Waals surface area contributed by atoms with Gasteiger partial charge in [-0.2, -0.15) is 0 Å². The van der Waals surface area contributed by atoms with E-state index in [4.69, 9.17) is 21.3 Å². The first-order valence-electron chi connectivity index (χ1n) is 10.6. The van der Waals surface area contributed by atoms with Gasteiger partial charge in [-0.15, -0.1) is 11.3 Å². The number of anilines is 2. The molecular weight excluding hydrogens is 470 g/mol. The van der Waals surface area contributed by atoms with E-state index in [1.165, 1.54) is 4.90 Å². The zero-order valence-electron chi connectivity index (χ0n) is 18.2. The molecule has 4 aromatic rings. The molecule has 8 heteroatoms. The molecule has 2 heterocycles. The minimum atomic E-state index is -0.327. The number of amides is 2. The maximum absolute atomic E-state index is 12.7. The molecule has 0 aliphatic carbocycles. The van der Waals surface area contributed by atoms with Gasteiger partial charge in [-0.05, 0) is 42.8 Å². The fourth-order valence-corrected chi connectivity index (χ4v) is 4.68. The molecule has 1 aromatic heterocycles. The third-order valence-electron chi connectivity index (χ3n) is 5.48. The monoisotopic (exact) mass is 489 g/mol. The molecule has 1 aliphatic rings. The summed E-state index contributed by atoms with van der Waals surface area (Å²) in [7, 11) is 0. The van der Waals surface area contributed by atoms with Crippen LogP contribution >= 0.6 is 22.9 Å². The molecule has 0 bridgehead atoms. The van der Waals surface area contributed by atoms with Crippen molar-refractivity contribution in [1.29, 1.82) is 0 Å². The number of carbonyl (C=O) groups is 2. The molecule has 0 spiro atoms. The summed E-state index contributed by atoms with van der Waals surface area (Å²) in [6.45, 7) is 1.63. The lowest BCUT2D eigenvalue weighted by Crippen LogP contribution is -2.43. The number of aryl methyl sites for hydroxylation is 1. The van der Waals surface area contributed by atoms with E-state index in [9.17, 15) is 9.59 Å². The molecule has 1 aliphatic heterocycles. The average Bonchev–Trinajstić information content (AvgIpc) is 3.34. The molecule has 0 atom stereocenters. The van der Waals surface area contributed by atoms with Crippen LogP contribution in [0.2, 0.25) is 5.02 Å². The summed E-state index contributed by atoms with van der Waals surface area (Å²) in [6.07, 6.45) is 0. The first kappa shape index (κ1) is 22.1. The number of halogens is 1. The van der Waals surface area contributed by atoms with Gasteiger partial charge in [-0.1, -0.05) is 48.0 Å². The van der Waals surface area contributed by atoms with Crippen LogP contribution in [0.3, 0.4) is 0 Å². The fraction of sp³-hybridized carbons (Fsp3) is 0.115. The van der Waals surface area contributed by atoms with E-state index < -0.39 is 0 Å². The summed E-state index contributed by atoms with van der Waals surface area (Å²) in [5.74, 6) is -0.0652. The second-order valence-corrected chi connectivity index (χ2v) is 9.13. The number of nitrogens with one attached hydrogen (secondary N) is 1. The van der Waals surface area contributed by atoms with Gasteiger partial charge < -0.3 is 10.1 Å². The van der Waals surface area contributed by atoms with Crippen molar-refractivity contribution in [3.8, 4) is 27.6 Å². The molecule has 3 aromatic carbocycles. The predicted molar refractivity (Wildman–Crippen MR) is 136 cm³/mol.